The lowest BCUT2D eigenvalue weighted by molar-refractivity contribution is -0.384. The molecule has 1 fully saturated rings. The SMILES string of the molecule is NCC1CCC(C(=O)Nc2ccc([N+](=O)[O-])cc2Br)O1. The van der Waals surface area contributed by atoms with Crippen molar-refractivity contribution in [3.05, 3.63) is 32.8 Å². The van der Waals surface area contributed by atoms with Crippen molar-refractivity contribution in [1.82, 2.24) is 0 Å². The molecule has 3 N–H and O–H groups in total. The van der Waals surface area contributed by atoms with Crippen LogP contribution in [0.4, 0.5) is 11.4 Å². The van der Waals surface area contributed by atoms with Gasteiger partial charge in [-0.2, -0.15) is 0 Å². The molecule has 0 radical (unpaired) electrons. The summed E-state index contributed by atoms with van der Waals surface area (Å²) in [4.78, 5) is 22.1. The number of ether oxygens (including phenoxy) is 1. The molecule has 1 aromatic rings. The minimum absolute atomic E-state index is 0.0461. The summed E-state index contributed by atoms with van der Waals surface area (Å²) in [7, 11) is 0. The van der Waals surface area contributed by atoms with Crippen molar-refractivity contribution in [2.24, 2.45) is 5.73 Å². The van der Waals surface area contributed by atoms with Gasteiger partial charge < -0.3 is 15.8 Å². The zero-order chi connectivity index (χ0) is 14.7. The number of carbonyl (C=O) groups excluding carboxylic acids is 1. The van der Waals surface area contributed by atoms with Crippen LogP contribution in [0.25, 0.3) is 0 Å². The van der Waals surface area contributed by atoms with E-state index in [2.05, 4.69) is 21.2 Å². The maximum absolute atomic E-state index is 12.0. The van der Waals surface area contributed by atoms with Crippen molar-refractivity contribution in [1.29, 1.82) is 0 Å². The number of benzene rings is 1. The smallest absolute Gasteiger partial charge is 0.270 e. The molecule has 0 aromatic heterocycles. The fraction of sp³-hybridized carbons (Fsp3) is 0.417. The standard InChI is InChI=1S/C12H14BrN3O4/c13-9-5-7(16(18)19)1-3-10(9)15-12(17)11-4-2-8(6-14)20-11/h1,3,5,8,11H,2,4,6,14H2,(H,15,17). The van der Waals surface area contributed by atoms with Gasteiger partial charge in [0.15, 0.2) is 0 Å². The van der Waals surface area contributed by atoms with Crippen molar-refractivity contribution in [3.8, 4) is 0 Å². The summed E-state index contributed by atoms with van der Waals surface area (Å²) in [5.41, 5.74) is 5.92. The number of non-ortho nitro benzene ring substituents is 1. The number of nitro groups is 1. The first-order valence-electron chi connectivity index (χ1n) is 6.11. The summed E-state index contributed by atoms with van der Waals surface area (Å²) in [6, 6.07) is 4.15. The van der Waals surface area contributed by atoms with E-state index in [0.717, 1.165) is 6.42 Å². The van der Waals surface area contributed by atoms with Gasteiger partial charge in [-0.05, 0) is 34.8 Å². The minimum Gasteiger partial charge on any atom is -0.364 e. The molecule has 0 saturated carbocycles. The van der Waals surface area contributed by atoms with Crippen LogP contribution in [-0.2, 0) is 9.53 Å². The first-order chi connectivity index (χ1) is 9.51. The first-order valence-corrected chi connectivity index (χ1v) is 6.91. The molecule has 1 heterocycles. The van der Waals surface area contributed by atoms with E-state index in [-0.39, 0.29) is 17.7 Å². The lowest BCUT2D eigenvalue weighted by Gasteiger charge is -2.13. The Hall–Kier alpha value is -1.51. The highest BCUT2D eigenvalue weighted by molar-refractivity contribution is 9.10. The summed E-state index contributed by atoms with van der Waals surface area (Å²) < 4.78 is 5.94. The molecule has 7 nitrogen and oxygen atoms in total. The van der Waals surface area contributed by atoms with Gasteiger partial charge in [0, 0.05) is 23.2 Å². The third kappa shape index (κ3) is 3.33. The Bertz CT molecular complexity index is 537. The van der Waals surface area contributed by atoms with Crippen molar-refractivity contribution in [2.45, 2.75) is 25.0 Å². The highest BCUT2D eigenvalue weighted by atomic mass is 79.9. The summed E-state index contributed by atoms with van der Waals surface area (Å²) in [6.07, 6.45) is 0.783. The number of nitrogens with one attached hydrogen (secondary N) is 1. The van der Waals surface area contributed by atoms with Crippen molar-refractivity contribution in [3.63, 3.8) is 0 Å². The number of nitrogens with two attached hydrogens (primary N) is 1. The van der Waals surface area contributed by atoms with Crippen LogP contribution in [0.3, 0.4) is 0 Å². The molecule has 1 saturated heterocycles. The molecule has 2 unspecified atom stereocenters. The van der Waals surface area contributed by atoms with E-state index in [0.29, 0.717) is 23.1 Å². The Balaban J connectivity index is 2.03. The maximum Gasteiger partial charge on any atom is 0.270 e. The van der Waals surface area contributed by atoms with Gasteiger partial charge >= 0.3 is 0 Å². The predicted octanol–water partition coefficient (Wildman–Crippen LogP) is 1.80. The molecule has 1 aliphatic heterocycles. The number of nitro benzene ring substituents is 1. The molecule has 8 heteroatoms. The Morgan fingerprint density at radius 2 is 2.30 bits per heavy atom. The number of carbonyl (C=O) groups is 1. The van der Waals surface area contributed by atoms with E-state index in [9.17, 15) is 14.9 Å². The van der Waals surface area contributed by atoms with Gasteiger partial charge in [-0.15, -0.1) is 0 Å². The lowest BCUT2D eigenvalue weighted by atomic mass is 10.2. The Kier molecular flexibility index (Phi) is 4.69. The summed E-state index contributed by atoms with van der Waals surface area (Å²) in [5.74, 6) is -0.268. The fourth-order valence-corrected chi connectivity index (χ4v) is 2.47. The van der Waals surface area contributed by atoms with Crippen LogP contribution >= 0.6 is 15.9 Å². The molecule has 1 aromatic carbocycles. The lowest BCUT2D eigenvalue weighted by Crippen LogP contribution is -2.29. The largest absolute Gasteiger partial charge is 0.364 e. The first kappa shape index (κ1) is 14.9. The number of rotatable bonds is 4. The van der Waals surface area contributed by atoms with Gasteiger partial charge in [0.25, 0.3) is 11.6 Å². The molecule has 2 rings (SSSR count). The number of nitrogens with zero attached hydrogens (tertiary/aromatic N) is 1. The molecule has 2 atom stereocenters. The van der Waals surface area contributed by atoms with Gasteiger partial charge in [0.2, 0.25) is 0 Å². The number of anilines is 1. The van der Waals surface area contributed by atoms with E-state index in [1.54, 1.807) is 0 Å². The quantitative estimate of drug-likeness (QED) is 0.640. The molecule has 0 bridgehead atoms. The van der Waals surface area contributed by atoms with Gasteiger partial charge in [-0.3, -0.25) is 14.9 Å². The molecular formula is C12H14BrN3O4. The van der Waals surface area contributed by atoms with E-state index in [4.69, 9.17) is 10.5 Å². The Labute approximate surface area is 123 Å². The van der Waals surface area contributed by atoms with E-state index < -0.39 is 11.0 Å². The van der Waals surface area contributed by atoms with Crippen LogP contribution < -0.4 is 11.1 Å². The normalized spacial score (nSPS) is 21.7. The van der Waals surface area contributed by atoms with Gasteiger partial charge in [0.1, 0.15) is 6.10 Å². The molecular weight excluding hydrogens is 330 g/mol. The summed E-state index contributed by atoms with van der Waals surface area (Å²) >= 11 is 3.20. The molecule has 20 heavy (non-hydrogen) atoms. The monoisotopic (exact) mass is 343 g/mol. The average molecular weight is 344 g/mol. The van der Waals surface area contributed by atoms with Crippen LogP contribution in [0.15, 0.2) is 22.7 Å². The third-order valence-corrected chi connectivity index (χ3v) is 3.74. The summed E-state index contributed by atoms with van der Waals surface area (Å²) in [6.45, 7) is 0.394. The number of hydrogen-bond acceptors (Lipinski definition) is 5. The number of hydrogen-bond donors (Lipinski definition) is 2. The zero-order valence-corrected chi connectivity index (χ0v) is 12.1. The fourth-order valence-electron chi connectivity index (χ4n) is 2.00. The number of halogens is 1. The van der Waals surface area contributed by atoms with Gasteiger partial charge in [0.05, 0.1) is 16.7 Å². The molecule has 1 aliphatic rings. The van der Waals surface area contributed by atoms with Gasteiger partial charge in [-0.1, -0.05) is 0 Å². The molecule has 0 spiro atoms. The summed E-state index contributed by atoms with van der Waals surface area (Å²) in [5, 5.41) is 13.3. The topological polar surface area (TPSA) is 107 Å². The maximum atomic E-state index is 12.0. The second-order valence-corrected chi connectivity index (χ2v) is 5.32. The predicted molar refractivity (Wildman–Crippen MR) is 76.4 cm³/mol. The van der Waals surface area contributed by atoms with Crippen molar-refractivity contribution >= 4 is 33.2 Å². The Morgan fingerprint density at radius 1 is 1.55 bits per heavy atom. The third-order valence-electron chi connectivity index (χ3n) is 3.08. The zero-order valence-electron chi connectivity index (χ0n) is 10.5. The van der Waals surface area contributed by atoms with Crippen molar-refractivity contribution < 1.29 is 14.5 Å². The van der Waals surface area contributed by atoms with E-state index >= 15 is 0 Å². The second kappa shape index (κ2) is 6.29. The van der Waals surface area contributed by atoms with E-state index in [1.165, 1.54) is 18.2 Å². The molecule has 0 aliphatic carbocycles. The molecule has 1 amide bonds. The number of amides is 1. The van der Waals surface area contributed by atoms with Crippen LogP contribution in [0.5, 0.6) is 0 Å². The van der Waals surface area contributed by atoms with Crippen LogP contribution in [-0.4, -0.2) is 29.6 Å². The Morgan fingerprint density at radius 3 is 2.85 bits per heavy atom. The van der Waals surface area contributed by atoms with Crippen LogP contribution in [0, 0.1) is 10.1 Å². The molecule has 108 valence electrons. The second-order valence-electron chi connectivity index (χ2n) is 4.47. The highest BCUT2D eigenvalue weighted by Gasteiger charge is 2.30. The van der Waals surface area contributed by atoms with Gasteiger partial charge in [-0.25, -0.2) is 0 Å². The van der Waals surface area contributed by atoms with Crippen molar-refractivity contribution in [2.75, 3.05) is 11.9 Å². The highest BCUT2D eigenvalue weighted by Crippen LogP contribution is 2.28. The van der Waals surface area contributed by atoms with E-state index in [1.807, 2.05) is 0 Å². The minimum atomic E-state index is -0.523. The average Bonchev–Trinajstić information content (AvgIpc) is 2.89. The van der Waals surface area contributed by atoms with Crippen LogP contribution in [0.2, 0.25) is 0 Å². The van der Waals surface area contributed by atoms with Crippen LogP contribution in [0.1, 0.15) is 12.8 Å².